The smallest absolute Gasteiger partial charge is 0.243 e. The zero-order valence-electron chi connectivity index (χ0n) is 20.3. The number of sulfonamides is 1. The molecule has 0 fully saturated rings. The summed E-state index contributed by atoms with van der Waals surface area (Å²) in [4.78, 5) is 16.7. The largest absolute Gasteiger partial charge is 0.491 e. The Balaban J connectivity index is 1.57. The minimum atomic E-state index is -3.90. The summed E-state index contributed by atoms with van der Waals surface area (Å²) in [6.45, 7) is 5.91. The molecule has 1 aliphatic heterocycles. The third-order valence-corrected chi connectivity index (χ3v) is 9.95. The maximum Gasteiger partial charge on any atom is 0.243 e. The molecule has 0 radical (unpaired) electrons. The van der Waals surface area contributed by atoms with E-state index in [1.165, 1.54) is 33.4 Å². The van der Waals surface area contributed by atoms with Crippen LogP contribution >= 0.6 is 34.5 Å². The number of carbonyl (C=O) groups is 1. The lowest BCUT2D eigenvalue weighted by atomic mass is 10.0. The molecule has 0 saturated heterocycles. The van der Waals surface area contributed by atoms with E-state index in [9.17, 15) is 13.2 Å². The second kappa shape index (κ2) is 11.1. The number of hydrogen-bond donors (Lipinski definition) is 0. The molecule has 0 aliphatic carbocycles. The molecule has 1 amide bonds. The van der Waals surface area contributed by atoms with Crippen LogP contribution in [0.5, 0.6) is 5.75 Å². The molecule has 2 aromatic carbocycles. The van der Waals surface area contributed by atoms with E-state index >= 15 is 0 Å². The van der Waals surface area contributed by atoms with Gasteiger partial charge in [0.25, 0.3) is 0 Å². The Morgan fingerprint density at radius 1 is 1.17 bits per heavy atom. The molecule has 10 heteroatoms. The quantitative estimate of drug-likeness (QED) is 0.337. The van der Waals surface area contributed by atoms with E-state index in [-0.39, 0.29) is 30.0 Å². The van der Waals surface area contributed by atoms with Crippen molar-refractivity contribution in [1.82, 2.24) is 9.21 Å². The molecule has 0 N–H and O–H groups in total. The van der Waals surface area contributed by atoms with Gasteiger partial charge in [-0.05, 0) is 92.2 Å². The minimum absolute atomic E-state index is 0.102. The summed E-state index contributed by atoms with van der Waals surface area (Å²) in [6, 6.07) is 12.7. The summed E-state index contributed by atoms with van der Waals surface area (Å²) in [6.07, 6.45) is 0.723. The zero-order valence-corrected chi connectivity index (χ0v) is 23.4. The highest BCUT2D eigenvalue weighted by molar-refractivity contribution is 7.89. The molecule has 4 rings (SSSR count). The van der Waals surface area contributed by atoms with E-state index in [0.29, 0.717) is 22.3 Å². The van der Waals surface area contributed by atoms with Crippen molar-refractivity contribution >= 4 is 50.5 Å². The van der Waals surface area contributed by atoms with Crippen molar-refractivity contribution in [2.24, 2.45) is 0 Å². The van der Waals surface area contributed by atoms with E-state index in [1.54, 1.807) is 42.2 Å². The Labute approximate surface area is 226 Å². The first-order chi connectivity index (χ1) is 17.1. The van der Waals surface area contributed by atoms with Crippen LogP contribution in [0.4, 0.5) is 0 Å². The summed E-state index contributed by atoms with van der Waals surface area (Å²) in [5, 5.41) is 3.12. The fourth-order valence-corrected chi connectivity index (χ4v) is 7.03. The number of halogens is 2. The molecule has 0 spiro atoms. The van der Waals surface area contributed by atoms with Crippen molar-refractivity contribution in [1.29, 1.82) is 0 Å². The summed E-state index contributed by atoms with van der Waals surface area (Å²) in [7, 11) is -3.90. The van der Waals surface area contributed by atoms with Crippen molar-refractivity contribution in [2.45, 2.75) is 44.2 Å². The first-order valence-corrected chi connectivity index (χ1v) is 14.7. The second-order valence-electron chi connectivity index (χ2n) is 8.97. The average molecular weight is 568 g/mol. The highest BCUT2D eigenvalue weighted by Gasteiger charge is 2.36. The van der Waals surface area contributed by atoms with Crippen LogP contribution in [0.1, 0.15) is 35.9 Å². The highest BCUT2D eigenvalue weighted by Crippen LogP contribution is 2.34. The number of fused-ring (bicyclic) bond motifs is 1. The topological polar surface area (TPSA) is 66.9 Å². The van der Waals surface area contributed by atoms with Gasteiger partial charge in [-0.3, -0.25) is 4.79 Å². The van der Waals surface area contributed by atoms with Crippen LogP contribution in [0, 0.1) is 6.92 Å². The van der Waals surface area contributed by atoms with E-state index in [2.05, 4.69) is 0 Å². The van der Waals surface area contributed by atoms with Crippen molar-refractivity contribution in [2.75, 3.05) is 19.7 Å². The van der Waals surface area contributed by atoms with Crippen molar-refractivity contribution < 1.29 is 17.9 Å². The van der Waals surface area contributed by atoms with Gasteiger partial charge < -0.3 is 9.64 Å². The van der Waals surface area contributed by atoms with Crippen LogP contribution in [0.25, 0.3) is 0 Å². The van der Waals surface area contributed by atoms with Crippen LogP contribution in [0.3, 0.4) is 0 Å². The molecule has 0 bridgehead atoms. The fraction of sp³-hybridized carbons (Fsp3) is 0.346. The van der Waals surface area contributed by atoms with Crippen molar-refractivity contribution in [3.8, 4) is 5.75 Å². The van der Waals surface area contributed by atoms with Crippen molar-refractivity contribution in [3.05, 3.63) is 80.0 Å². The SMILES string of the molecule is Cc1cc(OC[C@@H]2c3ccsc3CCN2C(=O)CN(C(C)C)S(=O)(=O)c2ccc(Cl)cc2)ccc1Cl. The third-order valence-electron chi connectivity index (χ3n) is 6.24. The Morgan fingerprint density at radius 3 is 2.56 bits per heavy atom. The Bertz CT molecular complexity index is 1340. The van der Waals surface area contributed by atoms with E-state index in [1.807, 2.05) is 24.4 Å². The van der Waals surface area contributed by atoms with Gasteiger partial charge in [0.15, 0.2) is 0 Å². The molecule has 6 nitrogen and oxygen atoms in total. The summed E-state index contributed by atoms with van der Waals surface area (Å²) in [5.41, 5.74) is 1.95. The van der Waals surface area contributed by atoms with Gasteiger partial charge in [-0.15, -0.1) is 11.3 Å². The molecule has 0 unspecified atom stereocenters. The number of ether oxygens (including phenoxy) is 1. The molecule has 0 saturated carbocycles. The number of thiophene rings is 1. The van der Waals surface area contributed by atoms with Gasteiger partial charge in [0.2, 0.25) is 15.9 Å². The Kier molecular flexibility index (Phi) is 8.32. The molecule has 1 atom stereocenters. The molecular weight excluding hydrogens is 539 g/mol. The maximum atomic E-state index is 13.6. The standard InChI is InChI=1S/C26H28Cl2N2O4S2/c1-17(2)30(36(32,33)21-7-4-19(27)5-8-21)15-26(31)29-12-10-25-22(11-13-35-25)24(29)16-34-20-6-9-23(28)18(3)14-20/h4-9,11,13-14,17,24H,10,12,15-16H2,1-3H3/t24-/m1/s1. The van der Waals surface area contributed by atoms with E-state index in [0.717, 1.165) is 17.5 Å². The summed E-state index contributed by atoms with van der Waals surface area (Å²) < 4.78 is 34.1. The number of aryl methyl sites for hydroxylation is 1. The lowest BCUT2D eigenvalue weighted by molar-refractivity contribution is -0.135. The molecule has 3 aromatic rings. The lowest BCUT2D eigenvalue weighted by Gasteiger charge is -2.37. The first-order valence-electron chi connectivity index (χ1n) is 11.6. The van der Waals surface area contributed by atoms with E-state index in [4.69, 9.17) is 27.9 Å². The molecule has 2 heterocycles. The average Bonchev–Trinajstić information content (AvgIpc) is 3.32. The molecule has 1 aromatic heterocycles. The lowest BCUT2D eigenvalue weighted by Crippen LogP contribution is -2.49. The van der Waals surface area contributed by atoms with Crippen LogP contribution in [0.15, 0.2) is 58.8 Å². The minimum Gasteiger partial charge on any atom is -0.491 e. The van der Waals surface area contributed by atoms with Gasteiger partial charge in [-0.2, -0.15) is 4.31 Å². The fourth-order valence-electron chi connectivity index (χ4n) is 4.27. The van der Waals surface area contributed by atoms with Crippen LogP contribution in [-0.2, 0) is 21.2 Å². The third kappa shape index (κ3) is 5.73. The Hall–Kier alpha value is -2.10. The van der Waals surface area contributed by atoms with Crippen molar-refractivity contribution in [3.63, 3.8) is 0 Å². The number of rotatable bonds is 8. The molecular formula is C26H28Cl2N2O4S2. The number of benzene rings is 2. The number of amides is 1. The van der Waals surface area contributed by atoms with Gasteiger partial charge >= 0.3 is 0 Å². The van der Waals surface area contributed by atoms with Crippen LogP contribution in [-0.4, -0.2) is 49.3 Å². The maximum absolute atomic E-state index is 13.6. The van der Waals surface area contributed by atoms with Gasteiger partial charge in [0.1, 0.15) is 12.4 Å². The van der Waals surface area contributed by atoms with Gasteiger partial charge in [0, 0.05) is 27.5 Å². The summed E-state index contributed by atoms with van der Waals surface area (Å²) >= 11 is 13.7. The number of hydrogen-bond acceptors (Lipinski definition) is 5. The van der Waals surface area contributed by atoms with Crippen LogP contribution < -0.4 is 4.74 Å². The summed E-state index contributed by atoms with van der Waals surface area (Å²) in [5.74, 6) is 0.403. The molecule has 1 aliphatic rings. The molecule has 36 heavy (non-hydrogen) atoms. The van der Waals surface area contributed by atoms with Gasteiger partial charge in [-0.25, -0.2) is 8.42 Å². The van der Waals surface area contributed by atoms with E-state index < -0.39 is 16.1 Å². The van der Waals surface area contributed by atoms with Gasteiger partial charge in [-0.1, -0.05) is 23.2 Å². The normalized spacial score (nSPS) is 15.9. The first kappa shape index (κ1) is 26.9. The zero-order chi connectivity index (χ0) is 26.0. The second-order valence-corrected chi connectivity index (χ2v) is 12.7. The number of nitrogens with zero attached hydrogens (tertiary/aromatic N) is 2. The Morgan fingerprint density at radius 2 is 1.89 bits per heavy atom. The monoisotopic (exact) mass is 566 g/mol. The highest BCUT2D eigenvalue weighted by atomic mass is 35.5. The molecule has 192 valence electrons. The van der Waals surface area contributed by atoms with Gasteiger partial charge in [0.05, 0.1) is 17.5 Å². The van der Waals surface area contributed by atoms with Crippen LogP contribution in [0.2, 0.25) is 10.0 Å². The number of carbonyl (C=O) groups excluding carboxylic acids is 1. The predicted molar refractivity (Wildman–Crippen MR) is 145 cm³/mol. The predicted octanol–water partition coefficient (Wildman–Crippen LogP) is 5.97.